The van der Waals surface area contributed by atoms with Gasteiger partial charge in [-0.25, -0.2) is 20.0 Å². The average Bonchev–Trinajstić information content (AvgIpc) is 3.13. The summed E-state index contributed by atoms with van der Waals surface area (Å²) in [5, 5.41) is 8.15. The lowest BCUT2D eigenvalue weighted by Gasteiger charge is -2.22. The molecule has 0 bridgehead atoms. The fourth-order valence-electron chi connectivity index (χ4n) is 3.97. The molecule has 194 valence electrons. The van der Waals surface area contributed by atoms with Crippen LogP contribution in [0.1, 0.15) is 21.5 Å². The SMILES string of the molecule is Cc1ccc(NC(=O)c2ccc(CN3C(=O)C(=O)C(=O)N3C)cc2)cc1Nc1nccc(-c2cccnc2)n1. The Bertz CT molecular complexity index is 1590. The molecular weight excluding hydrogens is 498 g/mol. The highest BCUT2D eigenvalue weighted by molar-refractivity contribution is 6.65. The van der Waals surface area contributed by atoms with Gasteiger partial charge in [0.1, 0.15) is 0 Å². The van der Waals surface area contributed by atoms with Gasteiger partial charge in [-0.15, -0.1) is 0 Å². The lowest BCUT2D eigenvalue weighted by atomic mass is 10.1. The van der Waals surface area contributed by atoms with Crippen LogP contribution in [-0.4, -0.2) is 55.5 Å². The van der Waals surface area contributed by atoms with Gasteiger partial charge in [0.2, 0.25) is 5.95 Å². The minimum Gasteiger partial charge on any atom is -0.324 e. The molecule has 5 rings (SSSR count). The lowest BCUT2D eigenvalue weighted by molar-refractivity contribution is -0.145. The molecule has 39 heavy (non-hydrogen) atoms. The molecule has 0 atom stereocenters. The highest BCUT2D eigenvalue weighted by atomic mass is 16.2. The summed E-state index contributed by atoms with van der Waals surface area (Å²) in [6.07, 6.45) is 5.09. The number of carbonyl (C=O) groups is 4. The second-order valence-electron chi connectivity index (χ2n) is 8.83. The summed E-state index contributed by atoms with van der Waals surface area (Å²) in [6, 6.07) is 17.6. The first-order valence-electron chi connectivity index (χ1n) is 12.0. The number of likely N-dealkylation sites (N-methyl/N-ethyl adjacent to an activating group) is 1. The summed E-state index contributed by atoms with van der Waals surface area (Å²) in [4.78, 5) is 61.2. The zero-order valence-electron chi connectivity index (χ0n) is 21.1. The number of amides is 3. The summed E-state index contributed by atoms with van der Waals surface area (Å²) in [5.41, 5.74) is 4.89. The number of ketones is 1. The zero-order chi connectivity index (χ0) is 27.5. The van der Waals surface area contributed by atoms with Gasteiger partial charge in [0.05, 0.1) is 12.2 Å². The first-order chi connectivity index (χ1) is 18.8. The van der Waals surface area contributed by atoms with Gasteiger partial charge >= 0.3 is 17.6 Å². The van der Waals surface area contributed by atoms with E-state index in [1.54, 1.807) is 61.1 Å². The fraction of sp³-hybridized carbons (Fsp3) is 0.107. The van der Waals surface area contributed by atoms with E-state index in [9.17, 15) is 19.2 Å². The molecular formula is C28H23N7O4. The number of hydrogen-bond acceptors (Lipinski definition) is 8. The first-order valence-corrected chi connectivity index (χ1v) is 12.0. The quantitative estimate of drug-likeness (QED) is 0.354. The smallest absolute Gasteiger partial charge is 0.319 e. The number of pyridine rings is 1. The van der Waals surface area contributed by atoms with E-state index in [1.165, 1.54) is 7.05 Å². The Balaban J connectivity index is 1.26. The maximum absolute atomic E-state index is 12.9. The summed E-state index contributed by atoms with van der Waals surface area (Å²) in [6.45, 7) is 1.97. The summed E-state index contributed by atoms with van der Waals surface area (Å²) in [7, 11) is 1.36. The molecule has 1 saturated heterocycles. The van der Waals surface area contributed by atoms with Gasteiger partial charge in [-0.05, 0) is 60.5 Å². The normalized spacial score (nSPS) is 13.1. The molecule has 1 aliphatic heterocycles. The topological polar surface area (TPSA) is 137 Å². The van der Waals surface area contributed by atoms with Crippen molar-refractivity contribution < 1.29 is 19.2 Å². The summed E-state index contributed by atoms with van der Waals surface area (Å²) in [5.74, 6) is -2.72. The second kappa shape index (κ2) is 10.5. The van der Waals surface area contributed by atoms with Gasteiger partial charge in [0.15, 0.2) is 0 Å². The molecule has 11 heteroatoms. The van der Waals surface area contributed by atoms with Crippen molar-refractivity contribution in [2.75, 3.05) is 17.7 Å². The van der Waals surface area contributed by atoms with Gasteiger partial charge in [-0.2, -0.15) is 0 Å². The van der Waals surface area contributed by atoms with Crippen molar-refractivity contribution in [3.05, 3.63) is 95.9 Å². The van der Waals surface area contributed by atoms with E-state index in [1.807, 2.05) is 25.1 Å². The molecule has 3 amide bonds. The predicted octanol–water partition coefficient (Wildman–Crippen LogP) is 3.13. The lowest BCUT2D eigenvalue weighted by Crippen LogP contribution is -2.37. The van der Waals surface area contributed by atoms with Crippen molar-refractivity contribution in [2.24, 2.45) is 0 Å². The molecule has 1 aliphatic rings. The molecule has 4 aromatic rings. The molecule has 0 aliphatic carbocycles. The number of rotatable bonds is 7. The van der Waals surface area contributed by atoms with E-state index in [0.29, 0.717) is 22.8 Å². The molecule has 0 saturated carbocycles. The minimum atomic E-state index is -1.06. The van der Waals surface area contributed by atoms with E-state index in [4.69, 9.17) is 0 Å². The van der Waals surface area contributed by atoms with Crippen molar-refractivity contribution in [1.29, 1.82) is 0 Å². The van der Waals surface area contributed by atoms with Gasteiger partial charge in [-0.1, -0.05) is 18.2 Å². The Morgan fingerprint density at radius 2 is 1.74 bits per heavy atom. The maximum atomic E-state index is 12.9. The van der Waals surface area contributed by atoms with Crippen LogP contribution >= 0.6 is 0 Å². The zero-order valence-corrected chi connectivity index (χ0v) is 21.1. The van der Waals surface area contributed by atoms with Gasteiger partial charge in [0.25, 0.3) is 5.91 Å². The third-order valence-corrected chi connectivity index (χ3v) is 6.18. The predicted molar refractivity (Wildman–Crippen MR) is 142 cm³/mol. The first kappa shape index (κ1) is 25.2. The van der Waals surface area contributed by atoms with Crippen LogP contribution in [0.5, 0.6) is 0 Å². The number of anilines is 3. The Morgan fingerprint density at radius 3 is 2.44 bits per heavy atom. The van der Waals surface area contributed by atoms with Crippen LogP contribution in [-0.2, 0) is 20.9 Å². The van der Waals surface area contributed by atoms with Crippen molar-refractivity contribution in [3.8, 4) is 11.3 Å². The van der Waals surface area contributed by atoms with Crippen LogP contribution in [0.4, 0.5) is 17.3 Å². The van der Waals surface area contributed by atoms with Gasteiger partial charge in [-0.3, -0.25) is 24.2 Å². The van der Waals surface area contributed by atoms with E-state index in [2.05, 4.69) is 25.6 Å². The van der Waals surface area contributed by atoms with Crippen molar-refractivity contribution in [1.82, 2.24) is 25.0 Å². The monoisotopic (exact) mass is 521 g/mol. The standard InChI is InChI=1S/C28H23N7O4/c1-17-5-10-21(14-23(17)33-28-30-13-11-22(32-28)20-4-3-12-29-15-20)31-25(37)19-8-6-18(7-9-19)16-35-27(39)24(36)26(38)34(35)2/h3-15H,16H2,1-2H3,(H,31,37)(H,30,32,33). The number of hydrazine groups is 1. The Hall–Kier alpha value is -5.45. The number of nitrogens with zero attached hydrogens (tertiary/aromatic N) is 5. The van der Waals surface area contributed by atoms with Crippen LogP contribution in [0, 0.1) is 6.92 Å². The van der Waals surface area contributed by atoms with Gasteiger partial charge in [0, 0.05) is 48.1 Å². The van der Waals surface area contributed by atoms with Crippen LogP contribution in [0.15, 0.2) is 79.3 Å². The van der Waals surface area contributed by atoms with Crippen LogP contribution in [0.3, 0.4) is 0 Å². The van der Waals surface area contributed by atoms with Crippen LogP contribution in [0.2, 0.25) is 0 Å². The Kier molecular flexibility index (Phi) is 6.79. The second-order valence-corrected chi connectivity index (χ2v) is 8.83. The molecule has 2 N–H and O–H groups in total. The highest BCUT2D eigenvalue weighted by Crippen LogP contribution is 2.25. The molecule has 2 aromatic heterocycles. The summed E-state index contributed by atoms with van der Waals surface area (Å²) < 4.78 is 0. The molecule has 0 unspecified atom stereocenters. The Labute approximate surface area is 223 Å². The fourth-order valence-corrected chi connectivity index (χ4v) is 3.97. The summed E-state index contributed by atoms with van der Waals surface area (Å²) >= 11 is 0. The van der Waals surface area contributed by atoms with E-state index >= 15 is 0 Å². The van der Waals surface area contributed by atoms with Crippen molar-refractivity contribution in [3.63, 3.8) is 0 Å². The van der Waals surface area contributed by atoms with Crippen LogP contribution < -0.4 is 10.6 Å². The highest BCUT2D eigenvalue weighted by Gasteiger charge is 2.42. The number of Topliss-reactive ketones (excluding diaryl/α,β-unsaturated/α-hetero) is 1. The average molecular weight is 522 g/mol. The van der Waals surface area contributed by atoms with E-state index in [-0.39, 0.29) is 12.5 Å². The number of aryl methyl sites for hydroxylation is 1. The molecule has 3 heterocycles. The molecule has 0 radical (unpaired) electrons. The van der Waals surface area contributed by atoms with Gasteiger partial charge < -0.3 is 10.6 Å². The maximum Gasteiger partial charge on any atom is 0.319 e. The minimum absolute atomic E-state index is 0.0335. The molecule has 0 spiro atoms. The molecule has 1 fully saturated rings. The number of hydrogen-bond donors (Lipinski definition) is 2. The Morgan fingerprint density at radius 1 is 0.949 bits per heavy atom. The number of nitrogens with one attached hydrogen (secondary N) is 2. The van der Waals surface area contributed by atoms with Crippen molar-refractivity contribution >= 4 is 40.8 Å². The van der Waals surface area contributed by atoms with E-state index in [0.717, 1.165) is 32.5 Å². The number of carbonyl (C=O) groups excluding carboxylic acids is 4. The number of aromatic nitrogens is 3. The number of benzene rings is 2. The molecule has 11 nitrogen and oxygen atoms in total. The largest absolute Gasteiger partial charge is 0.324 e. The third kappa shape index (κ3) is 5.32. The third-order valence-electron chi connectivity index (χ3n) is 6.18. The van der Waals surface area contributed by atoms with E-state index < -0.39 is 17.6 Å². The molecule has 2 aromatic carbocycles. The van der Waals surface area contributed by atoms with Crippen LogP contribution in [0.25, 0.3) is 11.3 Å². The van der Waals surface area contributed by atoms with Crippen molar-refractivity contribution in [2.45, 2.75) is 13.5 Å².